The van der Waals surface area contributed by atoms with Crippen molar-refractivity contribution in [2.75, 3.05) is 19.4 Å². The Morgan fingerprint density at radius 2 is 1.82 bits per heavy atom. The molecule has 8 heteroatoms. The van der Waals surface area contributed by atoms with Crippen LogP contribution in [-0.2, 0) is 4.57 Å². The fraction of sp³-hybridized carbons (Fsp3) is 1.00. The minimum Gasteiger partial charge on any atom is -1.00 e. The molecule has 4 N–H and O–H groups in total. The molecule has 0 bridgehead atoms. The van der Waals surface area contributed by atoms with Gasteiger partial charge in [0.05, 0.1) is 12.9 Å². The van der Waals surface area contributed by atoms with Crippen LogP contribution >= 0.6 is 7.60 Å². The molecule has 0 saturated heterocycles. The molecule has 0 aromatic rings. The molecular weight excluding hydrogens is 191 g/mol. The molecule has 0 aromatic carbocycles. The van der Waals surface area contributed by atoms with Gasteiger partial charge in [-0.05, 0) is 0 Å². The Hall–Kier alpha value is 2.07. The van der Waals surface area contributed by atoms with Gasteiger partial charge in [-0.25, -0.2) is 0 Å². The smallest absolute Gasteiger partial charge is 1.00 e. The van der Waals surface area contributed by atoms with Crippen LogP contribution in [0, 0.1) is 0 Å². The molecule has 0 unspecified atom stereocenters. The van der Waals surface area contributed by atoms with Crippen molar-refractivity contribution in [3.63, 3.8) is 0 Å². The minimum absolute atomic E-state index is 0. The second kappa shape index (κ2) is 10.2. The Morgan fingerprint density at radius 3 is 2.09 bits per heavy atom. The van der Waals surface area contributed by atoms with Crippen molar-refractivity contribution in [2.45, 2.75) is 0 Å². The topological polar surface area (TPSA) is 89.8 Å². The van der Waals surface area contributed by atoms with Crippen molar-refractivity contribution in [1.29, 1.82) is 0 Å². The van der Waals surface area contributed by atoms with Gasteiger partial charge in [0.2, 0.25) is 0 Å². The van der Waals surface area contributed by atoms with Crippen LogP contribution in [0.2, 0.25) is 0 Å². The Morgan fingerprint density at radius 1 is 1.36 bits per heavy atom. The van der Waals surface area contributed by atoms with Crippen LogP contribution in [0.15, 0.2) is 0 Å². The van der Waals surface area contributed by atoms with Crippen molar-refractivity contribution < 1.29 is 81.4 Å². The summed E-state index contributed by atoms with van der Waals surface area (Å²) in [5.41, 5.74) is 0. The first-order chi connectivity index (χ1) is 4.06. The van der Waals surface area contributed by atoms with Gasteiger partial charge in [-0.2, -0.15) is 0 Å². The van der Waals surface area contributed by atoms with E-state index in [0.29, 0.717) is 0 Å². The van der Waals surface area contributed by atoms with Crippen LogP contribution in [0.1, 0.15) is 2.85 Å². The molecule has 0 saturated carbocycles. The van der Waals surface area contributed by atoms with Gasteiger partial charge in [0.25, 0.3) is 0 Å². The van der Waals surface area contributed by atoms with Crippen LogP contribution in [0.3, 0.4) is 0 Å². The van der Waals surface area contributed by atoms with Crippen LogP contribution in [0.25, 0.3) is 0 Å². The third kappa shape index (κ3) is 18.8. The summed E-state index contributed by atoms with van der Waals surface area (Å²) in [7, 11) is -3.92. The van der Waals surface area contributed by atoms with Gasteiger partial charge in [0.1, 0.15) is 0 Å². The standard InChI is InChI=1S/C3H10NO4P.2Na.2H/c5-2-1-4-3-9(6,7)8;;;;/h4-5H,1-3H2,(H2,6,7,8);;;;/q;2*+1;2*-1. The van der Waals surface area contributed by atoms with Crippen molar-refractivity contribution >= 4 is 7.60 Å². The molecule has 11 heavy (non-hydrogen) atoms. The van der Waals surface area contributed by atoms with E-state index >= 15 is 0 Å². The van der Waals surface area contributed by atoms with Crippen molar-refractivity contribution in [3.8, 4) is 0 Å². The Bertz CT molecular complexity index is 126. The first kappa shape index (κ1) is 18.8. The van der Waals surface area contributed by atoms with E-state index in [2.05, 4.69) is 5.32 Å². The second-order valence-corrected chi connectivity index (χ2v) is 3.19. The summed E-state index contributed by atoms with van der Waals surface area (Å²) >= 11 is 0. The van der Waals surface area contributed by atoms with Gasteiger partial charge >= 0.3 is 66.7 Å². The zero-order valence-corrected chi connectivity index (χ0v) is 11.7. The number of aliphatic hydroxyl groups is 1. The SMILES string of the molecule is O=P(O)(O)CNCCO.[H-].[H-].[Na+].[Na+]. The van der Waals surface area contributed by atoms with Crippen LogP contribution in [0.5, 0.6) is 0 Å². The Labute approximate surface area is 113 Å². The molecule has 60 valence electrons. The van der Waals surface area contributed by atoms with Gasteiger partial charge in [0, 0.05) is 6.54 Å². The van der Waals surface area contributed by atoms with E-state index in [1.165, 1.54) is 0 Å². The fourth-order valence-corrected chi connectivity index (χ4v) is 0.753. The summed E-state index contributed by atoms with van der Waals surface area (Å²) in [5.74, 6) is 0. The molecular formula is C3H12NNa2O4P. The first-order valence-corrected chi connectivity index (χ1v) is 4.22. The molecule has 5 nitrogen and oxygen atoms in total. The number of hydrogen-bond donors (Lipinski definition) is 4. The summed E-state index contributed by atoms with van der Waals surface area (Å²) in [6.07, 6.45) is -0.367. The molecule has 0 radical (unpaired) electrons. The van der Waals surface area contributed by atoms with E-state index in [9.17, 15) is 4.57 Å². The van der Waals surface area contributed by atoms with Gasteiger partial charge in [-0.3, -0.25) is 4.57 Å². The average molecular weight is 203 g/mol. The van der Waals surface area contributed by atoms with Crippen molar-refractivity contribution in [1.82, 2.24) is 5.32 Å². The Kier molecular flexibility index (Phi) is 17.3. The molecule has 0 atom stereocenters. The predicted molar refractivity (Wildman–Crippen MR) is 34.2 cm³/mol. The van der Waals surface area contributed by atoms with Gasteiger partial charge < -0.3 is 23.1 Å². The second-order valence-electron chi connectivity index (χ2n) is 1.55. The van der Waals surface area contributed by atoms with E-state index in [4.69, 9.17) is 14.9 Å². The van der Waals surface area contributed by atoms with Gasteiger partial charge in [0.15, 0.2) is 0 Å². The molecule has 0 aliphatic heterocycles. The zero-order chi connectivity index (χ0) is 7.33. The first-order valence-electron chi connectivity index (χ1n) is 2.42. The van der Waals surface area contributed by atoms with E-state index in [1.807, 2.05) is 0 Å². The van der Waals surface area contributed by atoms with Crippen molar-refractivity contribution in [3.05, 3.63) is 0 Å². The van der Waals surface area contributed by atoms with E-state index < -0.39 is 7.60 Å². The normalized spacial score (nSPS) is 9.73. The summed E-state index contributed by atoms with van der Waals surface area (Å²) in [4.78, 5) is 16.4. The summed E-state index contributed by atoms with van der Waals surface area (Å²) in [6.45, 7) is 0.102. The monoisotopic (exact) mass is 203 g/mol. The van der Waals surface area contributed by atoms with E-state index in [0.717, 1.165) is 0 Å². The number of nitrogens with one attached hydrogen (secondary N) is 1. The molecule has 0 heterocycles. The summed E-state index contributed by atoms with van der Waals surface area (Å²) in [6, 6.07) is 0. The number of hydrogen-bond acceptors (Lipinski definition) is 3. The van der Waals surface area contributed by atoms with Gasteiger partial charge in [-0.1, -0.05) is 0 Å². The molecule has 0 rings (SSSR count). The molecule has 0 amide bonds. The van der Waals surface area contributed by atoms with Crippen LogP contribution in [-0.4, -0.2) is 34.3 Å². The van der Waals surface area contributed by atoms with Crippen molar-refractivity contribution in [2.24, 2.45) is 0 Å². The quantitative estimate of drug-likeness (QED) is 0.207. The largest absolute Gasteiger partial charge is 1.00 e. The third-order valence-corrected chi connectivity index (χ3v) is 1.24. The maximum Gasteiger partial charge on any atom is 1.00 e. The zero-order valence-electron chi connectivity index (χ0n) is 8.82. The number of rotatable bonds is 4. The van der Waals surface area contributed by atoms with Crippen LogP contribution in [0.4, 0.5) is 0 Å². The average Bonchev–Trinajstić information content (AvgIpc) is 1.63. The maximum atomic E-state index is 10.1. The molecule has 0 aliphatic carbocycles. The van der Waals surface area contributed by atoms with Gasteiger partial charge in [-0.15, -0.1) is 0 Å². The molecule has 0 fully saturated rings. The summed E-state index contributed by atoms with van der Waals surface area (Å²) in [5, 5.41) is 10.5. The van der Waals surface area contributed by atoms with E-state index in [-0.39, 0.29) is 81.4 Å². The molecule has 0 aromatic heterocycles. The molecule has 0 spiro atoms. The summed E-state index contributed by atoms with van der Waals surface area (Å²) < 4.78 is 10.1. The molecule has 0 aliphatic rings. The Balaban J connectivity index is -0.0000000533. The minimum atomic E-state index is -3.92. The predicted octanol–water partition coefficient (Wildman–Crippen LogP) is -7.06. The fourth-order valence-electron chi connectivity index (χ4n) is 0.304. The van der Waals surface area contributed by atoms with E-state index in [1.54, 1.807) is 0 Å². The van der Waals surface area contributed by atoms with Crippen LogP contribution < -0.4 is 64.4 Å². The number of aliphatic hydroxyl groups excluding tert-OH is 1. The maximum absolute atomic E-state index is 10.1. The third-order valence-electron chi connectivity index (χ3n) is 0.606.